The summed E-state index contributed by atoms with van der Waals surface area (Å²) in [5.74, 6) is -0.228. The van der Waals surface area contributed by atoms with E-state index >= 15 is 0 Å². The molecule has 2 aromatic carbocycles. The predicted molar refractivity (Wildman–Crippen MR) is 94.9 cm³/mol. The fourth-order valence-electron chi connectivity index (χ4n) is 2.52. The van der Waals surface area contributed by atoms with Crippen molar-refractivity contribution in [1.82, 2.24) is 0 Å². The summed E-state index contributed by atoms with van der Waals surface area (Å²) in [5, 5.41) is 2.31. The summed E-state index contributed by atoms with van der Waals surface area (Å²) in [6, 6.07) is 15.3. The van der Waals surface area contributed by atoms with Crippen LogP contribution in [0.2, 0.25) is 0 Å². The minimum Gasteiger partial charge on any atom is -0.365 e. The Balaban J connectivity index is 1.79. The molecule has 2 amide bonds. The first-order valence-corrected chi connectivity index (χ1v) is 8.44. The zero-order valence-electron chi connectivity index (χ0n) is 13.1. The number of hydrogen-bond donors (Lipinski definition) is 1. The van der Waals surface area contributed by atoms with Crippen LogP contribution in [0.4, 0.5) is 16.2 Å². The summed E-state index contributed by atoms with van der Waals surface area (Å²) < 4.78 is 0. The number of benzene rings is 2. The Labute approximate surface area is 139 Å². The van der Waals surface area contributed by atoms with Crippen LogP contribution in [-0.4, -0.2) is 16.5 Å². The Morgan fingerprint density at radius 2 is 1.78 bits per heavy atom. The molecule has 1 N–H and O–H groups in total. The van der Waals surface area contributed by atoms with E-state index in [1.54, 1.807) is 6.07 Å². The summed E-state index contributed by atoms with van der Waals surface area (Å²) in [5.41, 5.74) is 3.63. The van der Waals surface area contributed by atoms with Gasteiger partial charge in [0.2, 0.25) is 0 Å². The second-order valence-corrected chi connectivity index (χ2v) is 6.48. The maximum Gasteiger partial charge on any atom is 0.295 e. The molecule has 4 nitrogen and oxygen atoms in total. The van der Waals surface area contributed by atoms with Gasteiger partial charge in [0.1, 0.15) is 0 Å². The van der Waals surface area contributed by atoms with Gasteiger partial charge in [-0.25, -0.2) is 4.90 Å². The van der Waals surface area contributed by atoms with Crippen molar-refractivity contribution < 1.29 is 9.59 Å². The second-order valence-electron chi connectivity index (χ2n) is 5.42. The van der Waals surface area contributed by atoms with Gasteiger partial charge in [-0.3, -0.25) is 9.59 Å². The molecule has 1 aliphatic heterocycles. The molecule has 1 aliphatic rings. The van der Waals surface area contributed by atoms with Gasteiger partial charge in [0, 0.05) is 5.69 Å². The fourth-order valence-corrected chi connectivity index (χ4v) is 3.42. The molecule has 2 aromatic rings. The Morgan fingerprint density at radius 3 is 2.43 bits per heavy atom. The first-order valence-electron chi connectivity index (χ1n) is 7.56. The average molecular weight is 326 g/mol. The third kappa shape index (κ3) is 3.10. The summed E-state index contributed by atoms with van der Waals surface area (Å²) in [6.45, 7) is 3.99. The molecule has 5 heteroatoms. The standard InChI is InChI=1S/C18H18N2O2S/c1-3-13-8-10-14(11-9-13)19-16-17(21)20(18(22)23-16)15-7-5-4-6-12(15)2/h4-11,16,19H,3H2,1-2H3. The highest BCUT2D eigenvalue weighted by Gasteiger charge is 2.41. The first kappa shape index (κ1) is 15.6. The molecule has 1 atom stereocenters. The number of nitrogens with one attached hydrogen (secondary N) is 1. The maximum absolute atomic E-state index is 12.6. The van der Waals surface area contributed by atoms with Gasteiger partial charge in [-0.2, -0.15) is 0 Å². The van der Waals surface area contributed by atoms with E-state index in [1.165, 1.54) is 10.5 Å². The minimum atomic E-state index is -0.588. The Hall–Kier alpha value is -2.27. The molecule has 0 bridgehead atoms. The third-order valence-corrected chi connectivity index (χ3v) is 4.80. The van der Waals surface area contributed by atoms with Crippen molar-refractivity contribution in [1.29, 1.82) is 0 Å². The fraction of sp³-hybridized carbons (Fsp3) is 0.222. The monoisotopic (exact) mass is 326 g/mol. The summed E-state index contributed by atoms with van der Waals surface area (Å²) in [4.78, 5) is 26.1. The van der Waals surface area contributed by atoms with Crippen molar-refractivity contribution in [3.63, 3.8) is 0 Å². The number of para-hydroxylation sites is 1. The highest BCUT2D eigenvalue weighted by Crippen LogP contribution is 2.33. The number of anilines is 2. The number of carbonyl (C=O) groups excluding carboxylic acids is 2. The smallest absolute Gasteiger partial charge is 0.295 e. The van der Waals surface area contributed by atoms with E-state index in [-0.39, 0.29) is 11.1 Å². The van der Waals surface area contributed by atoms with Gasteiger partial charge in [0.25, 0.3) is 11.1 Å². The summed E-state index contributed by atoms with van der Waals surface area (Å²) in [7, 11) is 0. The number of nitrogens with zero attached hydrogens (tertiary/aromatic N) is 1. The summed E-state index contributed by atoms with van der Waals surface area (Å²) in [6.07, 6.45) is 0.969. The SMILES string of the molecule is CCc1ccc(NC2SC(=O)N(c3ccccc3C)C2=O)cc1. The van der Waals surface area contributed by atoms with Crippen LogP contribution < -0.4 is 10.2 Å². The lowest BCUT2D eigenvalue weighted by Gasteiger charge is -2.17. The normalized spacial score (nSPS) is 17.7. The van der Waals surface area contributed by atoms with Crippen molar-refractivity contribution >= 4 is 34.3 Å². The molecule has 1 fully saturated rings. The van der Waals surface area contributed by atoms with E-state index in [1.807, 2.05) is 49.4 Å². The zero-order valence-corrected chi connectivity index (χ0v) is 13.9. The number of aryl methyl sites for hydroxylation is 2. The van der Waals surface area contributed by atoms with E-state index in [0.717, 1.165) is 29.4 Å². The van der Waals surface area contributed by atoms with E-state index in [9.17, 15) is 9.59 Å². The van der Waals surface area contributed by atoms with Crippen molar-refractivity contribution in [3.8, 4) is 0 Å². The molecule has 1 unspecified atom stereocenters. The molecule has 0 radical (unpaired) electrons. The molecule has 0 aliphatic carbocycles. The molecule has 23 heavy (non-hydrogen) atoms. The molecule has 118 valence electrons. The van der Waals surface area contributed by atoms with Gasteiger partial charge in [-0.05, 0) is 54.4 Å². The average Bonchev–Trinajstić information content (AvgIpc) is 2.83. The Bertz CT molecular complexity index is 743. The van der Waals surface area contributed by atoms with Gasteiger partial charge in [-0.1, -0.05) is 37.3 Å². The Morgan fingerprint density at radius 1 is 1.09 bits per heavy atom. The molecular formula is C18H18N2O2S. The van der Waals surface area contributed by atoms with Crippen molar-refractivity contribution in [3.05, 3.63) is 59.7 Å². The van der Waals surface area contributed by atoms with Crippen molar-refractivity contribution in [2.24, 2.45) is 0 Å². The highest BCUT2D eigenvalue weighted by atomic mass is 32.2. The van der Waals surface area contributed by atoms with Gasteiger partial charge < -0.3 is 5.32 Å². The van der Waals surface area contributed by atoms with Crippen LogP contribution in [-0.2, 0) is 11.2 Å². The lowest BCUT2D eigenvalue weighted by molar-refractivity contribution is -0.116. The molecule has 3 rings (SSSR count). The van der Waals surface area contributed by atoms with E-state index in [0.29, 0.717) is 5.69 Å². The van der Waals surface area contributed by atoms with Crippen LogP contribution in [0.25, 0.3) is 0 Å². The molecular weight excluding hydrogens is 308 g/mol. The van der Waals surface area contributed by atoms with Crippen LogP contribution in [0.3, 0.4) is 0 Å². The van der Waals surface area contributed by atoms with E-state index in [2.05, 4.69) is 12.2 Å². The zero-order chi connectivity index (χ0) is 16.4. The second kappa shape index (κ2) is 6.46. The van der Waals surface area contributed by atoms with Crippen LogP contribution >= 0.6 is 11.8 Å². The largest absolute Gasteiger partial charge is 0.365 e. The van der Waals surface area contributed by atoms with E-state index < -0.39 is 5.37 Å². The van der Waals surface area contributed by atoms with Gasteiger partial charge in [0.05, 0.1) is 5.69 Å². The molecule has 1 heterocycles. The topological polar surface area (TPSA) is 49.4 Å². The predicted octanol–water partition coefficient (Wildman–Crippen LogP) is 4.20. The number of imide groups is 1. The van der Waals surface area contributed by atoms with Gasteiger partial charge >= 0.3 is 0 Å². The molecule has 0 saturated carbocycles. The van der Waals surface area contributed by atoms with Crippen LogP contribution in [0.5, 0.6) is 0 Å². The van der Waals surface area contributed by atoms with Gasteiger partial charge in [-0.15, -0.1) is 0 Å². The summed E-state index contributed by atoms with van der Waals surface area (Å²) >= 11 is 1.02. The lowest BCUT2D eigenvalue weighted by atomic mass is 10.1. The third-order valence-electron chi connectivity index (χ3n) is 3.86. The molecule has 0 aromatic heterocycles. The van der Waals surface area contributed by atoms with Crippen molar-refractivity contribution in [2.45, 2.75) is 25.6 Å². The number of thioether (sulfide) groups is 1. The van der Waals surface area contributed by atoms with E-state index in [4.69, 9.17) is 0 Å². The maximum atomic E-state index is 12.6. The van der Waals surface area contributed by atoms with Crippen molar-refractivity contribution in [2.75, 3.05) is 10.2 Å². The quantitative estimate of drug-likeness (QED) is 0.915. The minimum absolute atomic E-state index is 0.228. The van der Waals surface area contributed by atoms with Crippen LogP contribution in [0, 0.1) is 6.92 Å². The molecule has 0 spiro atoms. The number of carbonyl (C=O) groups is 2. The number of rotatable bonds is 4. The Kier molecular flexibility index (Phi) is 4.39. The molecule has 1 saturated heterocycles. The number of hydrogen-bond acceptors (Lipinski definition) is 4. The lowest BCUT2D eigenvalue weighted by Crippen LogP contribution is -2.34. The van der Waals surface area contributed by atoms with Gasteiger partial charge in [0.15, 0.2) is 5.37 Å². The first-order chi connectivity index (χ1) is 11.1. The highest BCUT2D eigenvalue weighted by molar-refractivity contribution is 8.16. The van der Waals surface area contributed by atoms with Crippen LogP contribution in [0.1, 0.15) is 18.1 Å². The number of amides is 2. The van der Waals surface area contributed by atoms with Crippen LogP contribution in [0.15, 0.2) is 48.5 Å².